The number of carbonyl (C=O) groups excluding carboxylic acids is 1. The number of hydrogen-bond acceptors (Lipinski definition) is 3. The van der Waals surface area contributed by atoms with Crippen molar-refractivity contribution in [2.24, 2.45) is 11.5 Å². The molecule has 4 N–H and O–H groups in total. The first-order valence-corrected chi connectivity index (χ1v) is 4.33. The van der Waals surface area contributed by atoms with Crippen molar-refractivity contribution < 1.29 is 4.79 Å². The highest BCUT2D eigenvalue weighted by Gasteiger charge is 2.00. The molecule has 0 saturated carbocycles. The maximum Gasteiger partial charge on any atom is 0.231 e. The summed E-state index contributed by atoms with van der Waals surface area (Å²) in [6.07, 6.45) is 3.27. The van der Waals surface area contributed by atoms with E-state index in [9.17, 15) is 4.79 Å². The molecule has 12 heavy (non-hydrogen) atoms. The monoisotopic (exact) mass is 173 g/mol. The summed E-state index contributed by atoms with van der Waals surface area (Å²) in [4.78, 5) is 12.4. The molecule has 1 amide bonds. The highest BCUT2D eigenvalue weighted by Crippen LogP contribution is 1.95. The third-order valence-electron chi connectivity index (χ3n) is 1.67. The lowest BCUT2D eigenvalue weighted by Crippen LogP contribution is -2.31. The fraction of sp³-hybridized carbons (Fsp3) is 0.875. The molecule has 4 heteroatoms. The lowest BCUT2D eigenvalue weighted by atomic mass is 10.2. The van der Waals surface area contributed by atoms with Crippen molar-refractivity contribution in [1.29, 1.82) is 0 Å². The van der Waals surface area contributed by atoms with Gasteiger partial charge in [-0.15, -0.1) is 0 Å². The first-order valence-electron chi connectivity index (χ1n) is 4.33. The van der Waals surface area contributed by atoms with E-state index in [0.717, 1.165) is 32.4 Å². The summed E-state index contributed by atoms with van der Waals surface area (Å²) in [5.41, 5.74) is 10.4. The van der Waals surface area contributed by atoms with Gasteiger partial charge in [-0.2, -0.15) is 0 Å². The molecule has 0 radical (unpaired) electrons. The molecule has 0 heterocycles. The number of carbonyl (C=O) groups is 1. The maximum atomic E-state index is 10.5. The number of nitrogens with zero attached hydrogens (tertiary/aromatic N) is 1. The molecular weight excluding hydrogens is 154 g/mol. The van der Waals surface area contributed by atoms with E-state index in [1.165, 1.54) is 0 Å². The molecule has 0 aromatic carbocycles. The van der Waals surface area contributed by atoms with Crippen LogP contribution in [0.5, 0.6) is 0 Å². The molecule has 0 aromatic heterocycles. The average Bonchev–Trinajstić information content (AvgIpc) is 1.97. The SMILES string of the molecule is CN(CCCCCN)CC(N)=O. The summed E-state index contributed by atoms with van der Waals surface area (Å²) in [5, 5.41) is 0. The lowest BCUT2D eigenvalue weighted by molar-refractivity contribution is -0.118. The van der Waals surface area contributed by atoms with Crippen molar-refractivity contribution in [2.45, 2.75) is 19.3 Å². The molecule has 0 rings (SSSR count). The van der Waals surface area contributed by atoms with Gasteiger partial charge in [0.15, 0.2) is 0 Å². The minimum Gasteiger partial charge on any atom is -0.369 e. The van der Waals surface area contributed by atoms with E-state index in [-0.39, 0.29) is 5.91 Å². The van der Waals surface area contributed by atoms with E-state index >= 15 is 0 Å². The summed E-state index contributed by atoms with van der Waals surface area (Å²) >= 11 is 0. The summed E-state index contributed by atoms with van der Waals surface area (Å²) in [6.45, 7) is 2.02. The van der Waals surface area contributed by atoms with Crippen molar-refractivity contribution >= 4 is 5.91 Å². The predicted molar refractivity (Wildman–Crippen MR) is 49.6 cm³/mol. The van der Waals surface area contributed by atoms with Crippen LogP contribution < -0.4 is 11.5 Å². The van der Waals surface area contributed by atoms with Crippen molar-refractivity contribution in [3.05, 3.63) is 0 Å². The zero-order valence-corrected chi connectivity index (χ0v) is 7.75. The summed E-state index contributed by atoms with van der Waals surface area (Å²) < 4.78 is 0. The summed E-state index contributed by atoms with van der Waals surface area (Å²) in [7, 11) is 1.90. The number of likely N-dealkylation sites (N-methyl/N-ethyl adjacent to an activating group) is 1. The molecular formula is C8H19N3O. The van der Waals surface area contributed by atoms with Gasteiger partial charge in [-0.3, -0.25) is 9.69 Å². The Balaban J connectivity index is 3.19. The highest BCUT2D eigenvalue weighted by atomic mass is 16.1. The maximum absolute atomic E-state index is 10.5. The van der Waals surface area contributed by atoms with E-state index in [2.05, 4.69) is 0 Å². The minimum absolute atomic E-state index is 0.267. The van der Waals surface area contributed by atoms with Gasteiger partial charge in [0.1, 0.15) is 0 Å². The largest absolute Gasteiger partial charge is 0.369 e. The number of unbranched alkanes of at least 4 members (excludes halogenated alkanes) is 2. The van der Waals surface area contributed by atoms with Gasteiger partial charge >= 0.3 is 0 Å². The second-order valence-corrected chi connectivity index (χ2v) is 3.05. The number of primary amides is 1. The lowest BCUT2D eigenvalue weighted by Gasteiger charge is -2.13. The normalized spacial score (nSPS) is 10.6. The molecule has 0 bridgehead atoms. The molecule has 0 aliphatic carbocycles. The Bertz CT molecular complexity index is 127. The number of hydrogen-bond donors (Lipinski definition) is 2. The molecule has 4 nitrogen and oxygen atoms in total. The van der Waals surface area contributed by atoms with Crippen LogP contribution in [0.2, 0.25) is 0 Å². The quantitative estimate of drug-likeness (QED) is 0.511. The van der Waals surface area contributed by atoms with Crippen molar-refractivity contribution in [1.82, 2.24) is 4.90 Å². The minimum atomic E-state index is -0.267. The van der Waals surface area contributed by atoms with E-state index in [4.69, 9.17) is 11.5 Å². The van der Waals surface area contributed by atoms with Gasteiger partial charge in [0.25, 0.3) is 0 Å². The third kappa shape index (κ3) is 7.50. The Hall–Kier alpha value is -0.610. The summed E-state index contributed by atoms with van der Waals surface area (Å²) in [6, 6.07) is 0. The van der Waals surface area contributed by atoms with Gasteiger partial charge in [-0.25, -0.2) is 0 Å². The van der Waals surface area contributed by atoms with Crippen LogP contribution in [0.4, 0.5) is 0 Å². The Kier molecular flexibility index (Phi) is 6.70. The molecule has 0 fully saturated rings. The van der Waals surface area contributed by atoms with Crippen LogP contribution in [0.1, 0.15) is 19.3 Å². The average molecular weight is 173 g/mol. The second-order valence-electron chi connectivity index (χ2n) is 3.05. The predicted octanol–water partition coefficient (Wildman–Crippen LogP) is -0.467. The van der Waals surface area contributed by atoms with Crippen molar-refractivity contribution in [3.8, 4) is 0 Å². The first kappa shape index (κ1) is 11.4. The van der Waals surface area contributed by atoms with E-state index < -0.39 is 0 Å². The number of amides is 1. The van der Waals surface area contributed by atoms with Gasteiger partial charge in [0.05, 0.1) is 6.54 Å². The molecule has 72 valence electrons. The van der Waals surface area contributed by atoms with Crippen molar-refractivity contribution in [2.75, 3.05) is 26.7 Å². The fourth-order valence-electron chi connectivity index (χ4n) is 1.05. The second kappa shape index (κ2) is 7.06. The smallest absolute Gasteiger partial charge is 0.231 e. The van der Waals surface area contributed by atoms with Gasteiger partial charge in [-0.1, -0.05) is 6.42 Å². The van der Waals surface area contributed by atoms with Gasteiger partial charge < -0.3 is 11.5 Å². The van der Waals surface area contributed by atoms with Crippen LogP contribution in [-0.2, 0) is 4.79 Å². The highest BCUT2D eigenvalue weighted by molar-refractivity contribution is 5.75. The van der Waals surface area contributed by atoms with Crippen LogP contribution in [0, 0.1) is 0 Å². The van der Waals surface area contributed by atoms with Crippen LogP contribution in [0.25, 0.3) is 0 Å². The van der Waals surface area contributed by atoms with E-state index in [1.807, 2.05) is 11.9 Å². The third-order valence-corrected chi connectivity index (χ3v) is 1.67. The topological polar surface area (TPSA) is 72.3 Å². The zero-order chi connectivity index (χ0) is 9.40. The van der Waals surface area contributed by atoms with Crippen LogP contribution in [0.15, 0.2) is 0 Å². The van der Waals surface area contributed by atoms with Gasteiger partial charge in [0.2, 0.25) is 5.91 Å². The Morgan fingerprint density at radius 2 is 2.00 bits per heavy atom. The fourth-order valence-corrected chi connectivity index (χ4v) is 1.05. The molecule has 0 saturated heterocycles. The molecule has 0 spiro atoms. The summed E-state index contributed by atoms with van der Waals surface area (Å²) in [5.74, 6) is -0.267. The first-order chi connectivity index (χ1) is 5.66. The Morgan fingerprint density at radius 3 is 2.50 bits per heavy atom. The zero-order valence-electron chi connectivity index (χ0n) is 7.75. The van der Waals surface area contributed by atoms with Crippen LogP contribution in [0.3, 0.4) is 0 Å². The van der Waals surface area contributed by atoms with Crippen LogP contribution in [-0.4, -0.2) is 37.5 Å². The number of nitrogens with two attached hydrogens (primary N) is 2. The van der Waals surface area contributed by atoms with E-state index in [0.29, 0.717) is 6.54 Å². The van der Waals surface area contributed by atoms with Crippen LogP contribution >= 0.6 is 0 Å². The molecule has 0 aliphatic rings. The van der Waals surface area contributed by atoms with E-state index in [1.54, 1.807) is 0 Å². The molecule has 0 aromatic rings. The van der Waals surface area contributed by atoms with Crippen molar-refractivity contribution in [3.63, 3.8) is 0 Å². The number of rotatable bonds is 7. The Labute approximate surface area is 73.9 Å². The molecule has 0 atom stereocenters. The Morgan fingerprint density at radius 1 is 1.33 bits per heavy atom. The molecule has 0 aliphatic heterocycles. The molecule has 0 unspecified atom stereocenters. The standard InChI is InChI=1S/C8H19N3O/c1-11(7-8(10)12)6-4-2-3-5-9/h2-7,9H2,1H3,(H2,10,12). The van der Waals surface area contributed by atoms with Gasteiger partial charge in [0, 0.05) is 0 Å². The van der Waals surface area contributed by atoms with Gasteiger partial charge in [-0.05, 0) is 33.0 Å².